The molecule has 4 heteroatoms. The first kappa shape index (κ1) is 12.9. The molecule has 0 aromatic carbocycles. The molecule has 0 unspecified atom stereocenters. The molecule has 2 fully saturated rings. The van der Waals surface area contributed by atoms with Crippen molar-refractivity contribution in [3.8, 4) is 0 Å². The van der Waals surface area contributed by atoms with Crippen molar-refractivity contribution in [3.63, 3.8) is 0 Å². The molecule has 21 heavy (non-hydrogen) atoms. The second-order valence-corrected chi connectivity index (χ2v) is 6.49. The van der Waals surface area contributed by atoms with Crippen molar-refractivity contribution in [2.75, 3.05) is 6.54 Å². The fourth-order valence-electron chi connectivity index (χ4n) is 4.37. The Morgan fingerprint density at radius 2 is 2.24 bits per heavy atom. The lowest BCUT2D eigenvalue weighted by molar-refractivity contribution is 0.0945. The highest BCUT2D eigenvalue weighted by Gasteiger charge is 2.38. The van der Waals surface area contributed by atoms with E-state index in [1.165, 1.54) is 32.1 Å². The molecule has 2 saturated carbocycles. The third-order valence-corrected chi connectivity index (χ3v) is 5.43. The van der Waals surface area contributed by atoms with E-state index in [4.69, 9.17) is 0 Å². The molecule has 0 saturated heterocycles. The number of rotatable bonds is 3. The SMILES string of the molecule is O=C(NC[C@H]1CC[C@@H]2CCC[C@@H]21)c1cnn2ccccc12. The van der Waals surface area contributed by atoms with E-state index in [0.29, 0.717) is 11.5 Å². The molecule has 1 amide bonds. The Bertz CT molecular complexity index is 663. The standard InChI is InChI=1S/C17H21N3O/c21-17(15-11-19-20-9-2-1-6-16(15)20)18-10-13-8-7-12-4-3-5-14(12)13/h1-2,6,9,11-14H,3-5,7-8,10H2,(H,18,21)/t12-,13+,14-/m0/s1. The van der Waals surface area contributed by atoms with Gasteiger partial charge in [0.25, 0.3) is 5.91 Å². The molecule has 0 spiro atoms. The molecule has 3 atom stereocenters. The van der Waals surface area contributed by atoms with Crippen molar-refractivity contribution in [2.24, 2.45) is 17.8 Å². The lowest BCUT2D eigenvalue weighted by Gasteiger charge is -2.18. The molecule has 1 N–H and O–H groups in total. The summed E-state index contributed by atoms with van der Waals surface area (Å²) < 4.78 is 1.75. The summed E-state index contributed by atoms with van der Waals surface area (Å²) in [4.78, 5) is 12.4. The van der Waals surface area contributed by atoms with Gasteiger partial charge in [-0.25, -0.2) is 4.52 Å². The average molecular weight is 283 g/mol. The van der Waals surface area contributed by atoms with E-state index < -0.39 is 0 Å². The molecule has 2 aliphatic rings. The van der Waals surface area contributed by atoms with Crippen LogP contribution in [0, 0.1) is 17.8 Å². The minimum absolute atomic E-state index is 0.0117. The molecule has 110 valence electrons. The van der Waals surface area contributed by atoms with Crippen molar-refractivity contribution in [1.82, 2.24) is 14.9 Å². The van der Waals surface area contributed by atoms with Gasteiger partial charge in [0.15, 0.2) is 0 Å². The van der Waals surface area contributed by atoms with Crippen LogP contribution in [0.25, 0.3) is 5.52 Å². The second-order valence-electron chi connectivity index (χ2n) is 6.49. The molecule has 2 aliphatic carbocycles. The maximum Gasteiger partial charge on any atom is 0.255 e. The summed E-state index contributed by atoms with van der Waals surface area (Å²) in [6.07, 6.45) is 10.3. The van der Waals surface area contributed by atoms with Gasteiger partial charge in [0.1, 0.15) is 0 Å². The molecule has 2 heterocycles. The monoisotopic (exact) mass is 283 g/mol. The number of nitrogens with one attached hydrogen (secondary N) is 1. The van der Waals surface area contributed by atoms with Gasteiger partial charge in [0.2, 0.25) is 0 Å². The maximum absolute atomic E-state index is 12.4. The van der Waals surface area contributed by atoms with Crippen LogP contribution >= 0.6 is 0 Å². The molecular formula is C17H21N3O. The first-order valence-electron chi connectivity index (χ1n) is 8.03. The zero-order valence-electron chi connectivity index (χ0n) is 12.2. The highest BCUT2D eigenvalue weighted by Crippen LogP contribution is 2.47. The quantitative estimate of drug-likeness (QED) is 0.941. The molecule has 0 radical (unpaired) electrons. The summed E-state index contributed by atoms with van der Waals surface area (Å²) in [5.41, 5.74) is 1.55. The molecule has 4 nitrogen and oxygen atoms in total. The Labute approximate surface area is 124 Å². The number of carbonyl (C=O) groups excluding carboxylic acids is 1. The van der Waals surface area contributed by atoms with Crippen LogP contribution in [0.4, 0.5) is 0 Å². The van der Waals surface area contributed by atoms with Crippen molar-refractivity contribution in [2.45, 2.75) is 32.1 Å². The molecule has 0 aliphatic heterocycles. The summed E-state index contributed by atoms with van der Waals surface area (Å²) >= 11 is 0. The Hall–Kier alpha value is -1.84. The van der Waals surface area contributed by atoms with Crippen LogP contribution in [-0.2, 0) is 0 Å². The zero-order valence-corrected chi connectivity index (χ0v) is 12.2. The lowest BCUT2D eigenvalue weighted by Crippen LogP contribution is -2.31. The normalized spacial score (nSPS) is 27.9. The van der Waals surface area contributed by atoms with E-state index in [-0.39, 0.29) is 5.91 Å². The van der Waals surface area contributed by atoms with Gasteiger partial charge in [-0.05, 0) is 49.1 Å². The Kier molecular flexibility index (Phi) is 3.17. The largest absolute Gasteiger partial charge is 0.352 e. The van der Waals surface area contributed by atoms with Gasteiger partial charge >= 0.3 is 0 Å². The van der Waals surface area contributed by atoms with Crippen LogP contribution in [0.3, 0.4) is 0 Å². The van der Waals surface area contributed by atoms with Crippen LogP contribution in [0.5, 0.6) is 0 Å². The number of aromatic nitrogens is 2. The predicted molar refractivity (Wildman–Crippen MR) is 81.1 cm³/mol. The van der Waals surface area contributed by atoms with Crippen molar-refractivity contribution in [1.29, 1.82) is 0 Å². The molecule has 0 bridgehead atoms. The maximum atomic E-state index is 12.4. The fourth-order valence-corrected chi connectivity index (χ4v) is 4.37. The van der Waals surface area contributed by atoms with Crippen molar-refractivity contribution in [3.05, 3.63) is 36.2 Å². The predicted octanol–water partition coefficient (Wildman–Crippen LogP) is 2.89. The fraction of sp³-hybridized carbons (Fsp3) is 0.529. The van der Waals surface area contributed by atoms with Crippen LogP contribution in [0.2, 0.25) is 0 Å². The molecular weight excluding hydrogens is 262 g/mol. The van der Waals surface area contributed by atoms with Gasteiger partial charge in [-0.1, -0.05) is 18.9 Å². The topological polar surface area (TPSA) is 46.4 Å². The zero-order chi connectivity index (χ0) is 14.2. The highest BCUT2D eigenvalue weighted by atomic mass is 16.1. The highest BCUT2D eigenvalue weighted by molar-refractivity contribution is 6.00. The van der Waals surface area contributed by atoms with E-state index in [2.05, 4.69) is 10.4 Å². The summed E-state index contributed by atoms with van der Waals surface area (Å²) in [6, 6.07) is 5.79. The first-order valence-corrected chi connectivity index (χ1v) is 8.03. The number of nitrogens with zero attached hydrogens (tertiary/aromatic N) is 2. The number of carbonyl (C=O) groups is 1. The average Bonchev–Trinajstić information content (AvgIpc) is 3.20. The number of amides is 1. The summed E-state index contributed by atoms with van der Waals surface area (Å²) in [7, 11) is 0. The van der Waals surface area contributed by atoms with E-state index in [0.717, 1.165) is 23.9 Å². The van der Waals surface area contributed by atoms with E-state index in [1.807, 2.05) is 24.4 Å². The first-order chi connectivity index (χ1) is 10.3. The molecule has 2 aromatic heterocycles. The lowest BCUT2D eigenvalue weighted by atomic mass is 9.92. The number of pyridine rings is 1. The Morgan fingerprint density at radius 3 is 3.19 bits per heavy atom. The Balaban J connectivity index is 1.44. The second kappa shape index (κ2) is 5.17. The Morgan fingerprint density at radius 1 is 1.29 bits per heavy atom. The van der Waals surface area contributed by atoms with E-state index in [1.54, 1.807) is 10.7 Å². The number of hydrogen-bond acceptors (Lipinski definition) is 2. The van der Waals surface area contributed by atoms with E-state index >= 15 is 0 Å². The van der Waals surface area contributed by atoms with Crippen LogP contribution in [0.1, 0.15) is 42.5 Å². The number of hydrogen-bond donors (Lipinski definition) is 1. The minimum atomic E-state index is 0.0117. The third-order valence-electron chi connectivity index (χ3n) is 5.43. The summed E-state index contributed by atoms with van der Waals surface area (Å²) in [5.74, 6) is 2.49. The third kappa shape index (κ3) is 2.23. The summed E-state index contributed by atoms with van der Waals surface area (Å²) in [5, 5.41) is 7.37. The summed E-state index contributed by atoms with van der Waals surface area (Å²) in [6.45, 7) is 0.824. The van der Waals surface area contributed by atoms with Crippen molar-refractivity contribution < 1.29 is 4.79 Å². The van der Waals surface area contributed by atoms with Gasteiger partial charge < -0.3 is 5.32 Å². The van der Waals surface area contributed by atoms with E-state index in [9.17, 15) is 4.79 Å². The van der Waals surface area contributed by atoms with Crippen molar-refractivity contribution >= 4 is 11.4 Å². The van der Waals surface area contributed by atoms with Crippen LogP contribution < -0.4 is 5.32 Å². The smallest absolute Gasteiger partial charge is 0.255 e. The van der Waals surface area contributed by atoms with Gasteiger partial charge in [-0.2, -0.15) is 5.10 Å². The molecule has 2 aromatic rings. The van der Waals surface area contributed by atoms with Gasteiger partial charge in [-0.3, -0.25) is 4.79 Å². The van der Waals surface area contributed by atoms with Crippen LogP contribution in [-0.4, -0.2) is 22.1 Å². The number of fused-ring (bicyclic) bond motifs is 2. The van der Waals surface area contributed by atoms with Gasteiger partial charge in [0.05, 0.1) is 17.3 Å². The van der Waals surface area contributed by atoms with Crippen LogP contribution in [0.15, 0.2) is 30.6 Å². The van der Waals surface area contributed by atoms with Gasteiger partial charge in [-0.15, -0.1) is 0 Å². The minimum Gasteiger partial charge on any atom is -0.352 e. The van der Waals surface area contributed by atoms with Gasteiger partial charge in [0, 0.05) is 12.7 Å². The molecule has 4 rings (SSSR count).